The van der Waals surface area contributed by atoms with Gasteiger partial charge in [0.1, 0.15) is 11.5 Å². The standard InChI is InChI=1S/C11H10FN3O2/c1-16-7-3-2-4-8(5-7)17-10-6-9(12)14-11(13)15-10/h2-6H,1H3,(H2,13,14,15). The van der Waals surface area contributed by atoms with Crippen LogP contribution in [-0.2, 0) is 0 Å². The first-order valence-electron chi connectivity index (χ1n) is 4.79. The average molecular weight is 235 g/mol. The van der Waals surface area contributed by atoms with Crippen LogP contribution in [0.5, 0.6) is 17.4 Å². The van der Waals surface area contributed by atoms with E-state index in [-0.39, 0.29) is 11.8 Å². The third-order valence-corrected chi connectivity index (χ3v) is 1.95. The molecule has 0 amide bonds. The van der Waals surface area contributed by atoms with E-state index in [1.54, 1.807) is 31.4 Å². The van der Waals surface area contributed by atoms with E-state index in [0.717, 1.165) is 6.07 Å². The van der Waals surface area contributed by atoms with Crippen molar-refractivity contribution in [2.75, 3.05) is 12.8 Å². The van der Waals surface area contributed by atoms with Crippen molar-refractivity contribution in [3.63, 3.8) is 0 Å². The van der Waals surface area contributed by atoms with Crippen LogP contribution in [0.2, 0.25) is 0 Å². The maximum atomic E-state index is 12.9. The van der Waals surface area contributed by atoms with E-state index in [0.29, 0.717) is 11.5 Å². The summed E-state index contributed by atoms with van der Waals surface area (Å²) in [6.45, 7) is 0. The highest BCUT2D eigenvalue weighted by Gasteiger charge is 2.04. The van der Waals surface area contributed by atoms with Gasteiger partial charge in [0.15, 0.2) is 0 Å². The molecule has 2 aromatic rings. The minimum Gasteiger partial charge on any atom is -0.497 e. The number of methoxy groups -OCH3 is 1. The van der Waals surface area contributed by atoms with Gasteiger partial charge in [0, 0.05) is 6.07 Å². The summed E-state index contributed by atoms with van der Waals surface area (Å²) in [6.07, 6.45) is 0. The number of anilines is 1. The molecular formula is C11H10FN3O2. The Morgan fingerprint density at radius 3 is 2.65 bits per heavy atom. The second-order valence-electron chi connectivity index (χ2n) is 3.17. The Kier molecular flexibility index (Phi) is 3.04. The molecule has 0 unspecified atom stereocenters. The average Bonchev–Trinajstić information content (AvgIpc) is 2.28. The van der Waals surface area contributed by atoms with Crippen LogP contribution in [0, 0.1) is 5.95 Å². The zero-order valence-electron chi connectivity index (χ0n) is 9.05. The normalized spacial score (nSPS) is 10.0. The van der Waals surface area contributed by atoms with Gasteiger partial charge in [-0.1, -0.05) is 6.07 Å². The summed E-state index contributed by atoms with van der Waals surface area (Å²) in [7, 11) is 1.54. The van der Waals surface area contributed by atoms with E-state index >= 15 is 0 Å². The summed E-state index contributed by atoms with van der Waals surface area (Å²) >= 11 is 0. The fourth-order valence-corrected chi connectivity index (χ4v) is 1.25. The van der Waals surface area contributed by atoms with Crippen molar-refractivity contribution in [1.29, 1.82) is 0 Å². The first kappa shape index (κ1) is 11.1. The predicted octanol–water partition coefficient (Wildman–Crippen LogP) is 2.00. The van der Waals surface area contributed by atoms with E-state index in [2.05, 4.69) is 9.97 Å². The molecule has 5 nitrogen and oxygen atoms in total. The summed E-state index contributed by atoms with van der Waals surface area (Å²) in [4.78, 5) is 7.05. The SMILES string of the molecule is COc1cccc(Oc2cc(F)nc(N)n2)c1. The van der Waals surface area contributed by atoms with Crippen molar-refractivity contribution in [3.05, 3.63) is 36.3 Å². The lowest BCUT2D eigenvalue weighted by atomic mass is 10.3. The molecule has 0 radical (unpaired) electrons. The number of nitrogens with two attached hydrogens (primary N) is 1. The van der Waals surface area contributed by atoms with Crippen LogP contribution in [0.3, 0.4) is 0 Å². The van der Waals surface area contributed by atoms with Crippen molar-refractivity contribution >= 4 is 5.95 Å². The number of rotatable bonds is 3. The maximum Gasteiger partial charge on any atom is 0.227 e. The highest BCUT2D eigenvalue weighted by molar-refractivity contribution is 5.35. The molecule has 1 aromatic carbocycles. The Morgan fingerprint density at radius 1 is 1.18 bits per heavy atom. The van der Waals surface area contributed by atoms with Gasteiger partial charge in [0.2, 0.25) is 17.8 Å². The number of nitrogen functional groups attached to an aromatic ring is 1. The largest absolute Gasteiger partial charge is 0.497 e. The van der Waals surface area contributed by atoms with E-state index in [4.69, 9.17) is 15.2 Å². The third kappa shape index (κ3) is 2.81. The van der Waals surface area contributed by atoms with Crippen molar-refractivity contribution in [1.82, 2.24) is 9.97 Å². The van der Waals surface area contributed by atoms with E-state index < -0.39 is 5.95 Å². The first-order valence-corrected chi connectivity index (χ1v) is 4.79. The van der Waals surface area contributed by atoms with Crippen molar-refractivity contribution in [3.8, 4) is 17.4 Å². The third-order valence-electron chi connectivity index (χ3n) is 1.95. The fourth-order valence-electron chi connectivity index (χ4n) is 1.25. The van der Waals surface area contributed by atoms with Gasteiger partial charge < -0.3 is 15.2 Å². The summed E-state index contributed by atoms with van der Waals surface area (Å²) in [5.74, 6) is 0.230. The predicted molar refractivity (Wildman–Crippen MR) is 59.5 cm³/mol. The van der Waals surface area contributed by atoms with E-state index in [1.807, 2.05) is 0 Å². The second kappa shape index (κ2) is 4.65. The van der Waals surface area contributed by atoms with E-state index in [9.17, 15) is 4.39 Å². The molecular weight excluding hydrogens is 225 g/mol. The van der Waals surface area contributed by atoms with Crippen LogP contribution in [0.15, 0.2) is 30.3 Å². The minimum absolute atomic E-state index is 0.0447. The van der Waals surface area contributed by atoms with Gasteiger partial charge in [-0.05, 0) is 12.1 Å². The molecule has 0 atom stereocenters. The Morgan fingerprint density at radius 2 is 1.94 bits per heavy atom. The smallest absolute Gasteiger partial charge is 0.227 e. The number of ether oxygens (including phenoxy) is 2. The molecule has 88 valence electrons. The highest BCUT2D eigenvalue weighted by atomic mass is 19.1. The molecule has 1 aromatic heterocycles. The maximum absolute atomic E-state index is 12.9. The number of hydrogen-bond donors (Lipinski definition) is 1. The lowest BCUT2D eigenvalue weighted by Crippen LogP contribution is -1.99. The first-order chi connectivity index (χ1) is 8.17. The summed E-state index contributed by atoms with van der Waals surface area (Å²) < 4.78 is 23.3. The van der Waals surface area contributed by atoms with Gasteiger partial charge in [-0.2, -0.15) is 14.4 Å². The molecule has 0 saturated heterocycles. The zero-order chi connectivity index (χ0) is 12.3. The number of hydrogen-bond acceptors (Lipinski definition) is 5. The van der Waals surface area contributed by atoms with Gasteiger partial charge in [-0.25, -0.2) is 0 Å². The molecule has 0 fully saturated rings. The lowest BCUT2D eigenvalue weighted by Gasteiger charge is -2.06. The molecule has 0 aliphatic carbocycles. The van der Waals surface area contributed by atoms with Crippen molar-refractivity contribution in [2.24, 2.45) is 0 Å². The summed E-state index contributed by atoms with van der Waals surface area (Å²) in [6, 6.07) is 7.90. The number of nitrogens with zero attached hydrogens (tertiary/aromatic N) is 2. The van der Waals surface area contributed by atoms with Crippen molar-refractivity contribution in [2.45, 2.75) is 0 Å². The molecule has 2 N–H and O–H groups in total. The van der Waals surface area contributed by atoms with Crippen LogP contribution in [0.4, 0.5) is 10.3 Å². The molecule has 1 heterocycles. The summed E-state index contributed by atoms with van der Waals surface area (Å²) in [5, 5.41) is 0. The van der Waals surface area contributed by atoms with Crippen molar-refractivity contribution < 1.29 is 13.9 Å². The van der Waals surface area contributed by atoms with Gasteiger partial charge in [-0.15, -0.1) is 0 Å². The van der Waals surface area contributed by atoms with Crippen LogP contribution >= 0.6 is 0 Å². The van der Waals surface area contributed by atoms with Crippen LogP contribution < -0.4 is 15.2 Å². The van der Waals surface area contributed by atoms with Gasteiger partial charge in [0.05, 0.1) is 13.2 Å². The zero-order valence-corrected chi connectivity index (χ0v) is 9.05. The minimum atomic E-state index is -0.740. The number of benzene rings is 1. The molecule has 0 spiro atoms. The molecule has 2 rings (SSSR count). The number of halogens is 1. The Hall–Kier alpha value is -2.37. The lowest BCUT2D eigenvalue weighted by molar-refractivity contribution is 0.406. The van der Waals surface area contributed by atoms with Gasteiger partial charge in [-0.3, -0.25) is 0 Å². The Bertz CT molecular complexity index is 514. The van der Waals surface area contributed by atoms with Crippen LogP contribution in [0.1, 0.15) is 0 Å². The number of aromatic nitrogens is 2. The quantitative estimate of drug-likeness (QED) is 0.824. The van der Waals surface area contributed by atoms with Crippen LogP contribution in [-0.4, -0.2) is 17.1 Å². The second-order valence-corrected chi connectivity index (χ2v) is 3.17. The Balaban J connectivity index is 2.24. The van der Waals surface area contributed by atoms with E-state index in [1.165, 1.54) is 0 Å². The molecule has 0 aliphatic heterocycles. The molecule has 6 heteroatoms. The monoisotopic (exact) mass is 235 g/mol. The molecule has 0 aliphatic rings. The summed E-state index contributed by atoms with van der Waals surface area (Å²) in [5.41, 5.74) is 5.30. The topological polar surface area (TPSA) is 70.3 Å². The van der Waals surface area contributed by atoms with Gasteiger partial charge in [0.25, 0.3) is 0 Å². The van der Waals surface area contributed by atoms with Crippen LogP contribution in [0.25, 0.3) is 0 Å². The fraction of sp³-hybridized carbons (Fsp3) is 0.0909. The molecule has 0 saturated carbocycles. The molecule has 0 bridgehead atoms. The highest BCUT2D eigenvalue weighted by Crippen LogP contribution is 2.24. The Labute approximate surface area is 97.0 Å². The van der Waals surface area contributed by atoms with Gasteiger partial charge >= 0.3 is 0 Å². The molecule has 17 heavy (non-hydrogen) atoms.